The van der Waals surface area contributed by atoms with E-state index in [4.69, 9.17) is 4.74 Å². The highest BCUT2D eigenvalue weighted by molar-refractivity contribution is 9.10. The molecule has 1 saturated heterocycles. The number of ether oxygens (including phenoxy) is 1. The van der Waals surface area contributed by atoms with Gasteiger partial charge in [-0.2, -0.15) is 0 Å². The van der Waals surface area contributed by atoms with Gasteiger partial charge in [-0.3, -0.25) is 14.7 Å². The summed E-state index contributed by atoms with van der Waals surface area (Å²) in [7, 11) is 3.42. The average molecular weight is 383 g/mol. The number of likely N-dealkylation sites (N-methyl/N-ethyl adjacent to an activating group) is 1. The molecule has 0 radical (unpaired) electrons. The lowest BCUT2D eigenvalue weighted by Crippen LogP contribution is -2.23. The molecule has 1 fully saturated rings. The molecule has 1 heterocycles. The van der Waals surface area contributed by atoms with Gasteiger partial charge in [-0.25, -0.2) is 0 Å². The monoisotopic (exact) mass is 382 g/mol. The number of hydrogen-bond acceptors (Lipinski definition) is 4. The minimum absolute atomic E-state index is 0.0262. The van der Waals surface area contributed by atoms with Crippen LogP contribution in [-0.4, -0.2) is 36.2 Å². The third kappa shape index (κ3) is 3.73. The predicted octanol–water partition coefficient (Wildman–Crippen LogP) is 4.16. The van der Waals surface area contributed by atoms with Gasteiger partial charge < -0.3 is 4.74 Å². The van der Waals surface area contributed by atoms with Gasteiger partial charge >= 0.3 is 0 Å². The summed E-state index contributed by atoms with van der Waals surface area (Å²) in [5.41, 5.74) is 0.949. The number of aliphatic imine (C=N–C) groups is 1. The topological polar surface area (TPSA) is 41.9 Å². The first-order chi connectivity index (χ1) is 10.5. The van der Waals surface area contributed by atoms with Crippen LogP contribution < -0.4 is 4.74 Å². The molecule has 0 saturated carbocycles. The van der Waals surface area contributed by atoms with Crippen molar-refractivity contribution in [1.82, 2.24) is 4.90 Å². The van der Waals surface area contributed by atoms with Crippen LogP contribution in [0.3, 0.4) is 0 Å². The summed E-state index contributed by atoms with van der Waals surface area (Å²) in [6.45, 7) is 4.13. The quantitative estimate of drug-likeness (QED) is 0.734. The lowest BCUT2D eigenvalue weighted by atomic mass is 10.2. The number of carbonyl (C=O) groups is 1. The zero-order valence-corrected chi connectivity index (χ0v) is 15.5. The van der Waals surface area contributed by atoms with Crippen molar-refractivity contribution in [3.63, 3.8) is 0 Å². The Balaban J connectivity index is 2.23. The van der Waals surface area contributed by atoms with Gasteiger partial charge in [-0.05, 0) is 64.8 Å². The van der Waals surface area contributed by atoms with Crippen LogP contribution in [0.5, 0.6) is 5.75 Å². The summed E-state index contributed by atoms with van der Waals surface area (Å²) in [5, 5.41) is 0.715. The third-order valence-corrected chi connectivity index (χ3v) is 5.12. The minimum Gasteiger partial charge on any atom is -0.490 e. The summed E-state index contributed by atoms with van der Waals surface area (Å²) in [6.07, 6.45) is 3.00. The Kier molecular flexibility index (Phi) is 5.69. The lowest BCUT2D eigenvalue weighted by Gasteiger charge is -2.14. The van der Waals surface area contributed by atoms with Gasteiger partial charge in [0.05, 0.1) is 15.5 Å². The van der Waals surface area contributed by atoms with Crippen molar-refractivity contribution in [2.45, 2.75) is 26.4 Å². The first-order valence-electron chi connectivity index (χ1n) is 7.06. The summed E-state index contributed by atoms with van der Waals surface area (Å²) in [4.78, 5) is 18.5. The first kappa shape index (κ1) is 17.1. The van der Waals surface area contributed by atoms with Gasteiger partial charge in [-0.1, -0.05) is 13.0 Å². The second kappa shape index (κ2) is 7.33. The Labute approximate surface area is 143 Å². The molecule has 0 unspecified atom stereocenters. The number of halogens is 1. The Morgan fingerprint density at radius 2 is 2.23 bits per heavy atom. The van der Waals surface area contributed by atoms with Crippen molar-refractivity contribution < 1.29 is 9.53 Å². The molecule has 4 nitrogen and oxygen atoms in total. The van der Waals surface area contributed by atoms with Crippen LogP contribution in [0.2, 0.25) is 0 Å². The molecular weight excluding hydrogens is 364 g/mol. The zero-order valence-electron chi connectivity index (χ0n) is 13.1. The van der Waals surface area contributed by atoms with E-state index in [0.29, 0.717) is 10.1 Å². The van der Waals surface area contributed by atoms with Crippen LogP contribution in [0.4, 0.5) is 0 Å². The second-order valence-electron chi connectivity index (χ2n) is 5.01. The van der Waals surface area contributed by atoms with E-state index >= 15 is 0 Å². The van der Waals surface area contributed by atoms with Gasteiger partial charge in [-0.15, -0.1) is 0 Å². The summed E-state index contributed by atoms with van der Waals surface area (Å²) in [5.74, 6) is 0.788. The van der Waals surface area contributed by atoms with Gasteiger partial charge in [0.15, 0.2) is 5.17 Å². The van der Waals surface area contributed by atoms with Crippen molar-refractivity contribution >= 4 is 44.8 Å². The summed E-state index contributed by atoms with van der Waals surface area (Å²) in [6, 6.07) is 5.83. The van der Waals surface area contributed by atoms with Crippen molar-refractivity contribution in [2.75, 3.05) is 14.1 Å². The van der Waals surface area contributed by atoms with E-state index in [9.17, 15) is 4.79 Å². The molecule has 1 atom stereocenters. The normalized spacial score (nSPS) is 20.0. The molecule has 2 rings (SSSR count). The van der Waals surface area contributed by atoms with Gasteiger partial charge in [0.1, 0.15) is 5.75 Å². The molecule has 6 heteroatoms. The first-order valence-corrected chi connectivity index (χ1v) is 8.67. The van der Waals surface area contributed by atoms with Gasteiger partial charge in [0.2, 0.25) is 0 Å². The highest BCUT2D eigenvalue weighted by Gasteiger charge is 2.29. The van der Waals surface area contributed by atoms with Crippen molar-refractivity contribution in [2.24, 2.45) is 4.99 Å². The van der Waals surface area contributed by atoms with Crippen molar-refractivity contribution in [1.29, 1.82) is 0 Å². The molecule has 1 aromatic rings. The van der Waals surface area contributed by atoms with E-state index < -0.39 is 0 Å². The molecule has 0 aliphatic carbocycles. The molecular formula is C16H19BrN2O2S. The third-order valence-electron chi connectivity index (χ3n) is 3.35. The fourth-order valence-corrected chi connectivity index (χ4v) is 3.32. The van der Waals surface area contributed by atoms with Crippen LogP contribution in [0.15, 0.2) is 32.6 Å². The maximum absolute atomic E-state index is 12.1. The fourth-order valence-electron chi connectivity index (χ4n) is 1.90. The number of amides is 1. The largest absolute Gasteiger partial charge is 0.490 e. The van der Waals surface area contributed by atoms with Gasteiger partial charge in [0, 0.05) is 14.1 Å². The second-order valence-corrected chi connectivity index (χ2v) is 6.87. The number of hydrogen-bond donors (Lipinski definition) is 0. The molecule has 0 aromatic heterocycles. The van der Waals surface area contributed by atoms with E-state index in [2.05, 4.69) is 27.8 Å². The van der Waals surface area contributed by atoms with E-state index in [1.807, 2.05) is 31.2 Å². The number of nitrogens with zero attached hydrogens (tertiary/aromatic N) is 2. The molecule has 1 aliphatic rings. The van der Waals surface area contributed by atoms with E-state index in [0.717, 1.165) is 22.2 Å². The van der Waals surface area contributed by atoms with Crippen LogP contribution >= 0.6 is 27.7 Å². The van der Waals surface area contributed by atoms with E-state index in [-0.39, 0.29) is 12.0 Å². The molecule has 22 heavy (non-hydrogen) atoms. The Hall–Kier alpha value is -1.27. The van der Waals surface area contributed by atoms with E-state index in [1.165, 1.54) is 11.8 Å². The van der Waals surface area contributed by atoms with Crippen molar-refractivity contribution in [3.8, 4) is 5.75 Å². The van der Waals surface area contributed by atoms with Gasteiger partial charge in [0.25, 0.3) is 5.91 Å². The maximum atomic E-state index is 12.1. The number of benzene rings is 1. The molecule has 1 aromatic carbocycles. The highest BCUT2D eigenvalue weighted by atomic mass is 79.9. The number of rotatable bonds is 4. The van der Waals surface area contributed by atoms with E-state index in [1.54, 1.807) is 19.0 Å². The highest BCUT2D eigenvalue weighted by Crippen LogP contribution is 2.33. The number of thioether (sulfide) groups is 1. The fraction of sp³-hybridized carbons (Fsp3) is 0.375. The Morgan fingerprint density at radius 1 is 1.50 bits per heavy atom. The van der Waals surface area contributed by atoms with Crippen LogP contribution in [-0.2, 0) is 4.79 Å². The molecule has 0 spiro atoms. The van der Waals surface area contributed by atoms with Crippen LogP contribution in [0, 0.1) is 0 Å². The number of amidine groups is 1. The zero-order chi connectivity index (χ0) is 16.3. The van der Waals surface area contributed by atoms with Crippen LogP contribution in [0.1, 0.15) is 25.8 Å². The maximum Gasteiger partial charge on any atom is 0.266 e. The Morgan fingerprint density at radius 3 is 2.77 bits per heavy atom. The standard InChI is InChI=1S/C16H19BrN2O2S/c1-5-10(2)21-13-7-6-11(8-12(13)17)9-14-15(20)19(4)16(18-3)22-14/h6-10H,5H2,1-4H3/b14-9-,18-16?/t10-/m0/s1. The average Bonchev–Trinajstić information content (AvgIpc) is 2.77. The smallest absolute Gasteiger partial charge is 0.266 e. The molecule has 118 valence electrons. The number of carbonyl (C=O) groups excluding carboxylic acids is 1. The Bertz CT molecular complexity index is 643. The summed E-state index contributed by atoms with van der Waals surface area (Å²) >= 11 is 4.91. The molecule has 0 N–H and O–H groups in total. The minimum atomic E-state index is -0.0262. The molecule has 1 amide bonds. The SMILES string of the molecule is CC[C@H](C)Oc1ccc(/C=C2\SC(=NC)N(C)C2=O)cc1Br. The predicted molar refractivity (Wildman–Crippen MR) is 96.2 cm³/mol. The van der Waals surface area contributed by atoms with Crippen LogP contribution in [0.25, 0.3) is 6.08 Å². The molecule has 1 aliphatic heterocycles. The molecule has 0 bridgehead atoms. The summed E-state index contributed by atoms with van der Waals surface area (Å²) < 4.78 is 6.71. The lowest BCUT2D eigenvalue weighted by molar-refractivity contribution is -0.121. The van der Waals surface area contributed by atoms with Crippen molar-refractivity contribution in [3.05, 3.63) is 33.1 Å².